The van der Waals surface area contributed by atoms with Gasteiger partial charge in [-0.25, -0.2) is 4.98 Å². The molecule has 1 saturated heterocycles. The number of hydrogen-bond donors (Lipinski definition) is 0. The van der Waals surface area contributed by atoms with Gasteiger partial charge in [-0.1, -0.05) is 0 Å². The van der Waals surface area contributed by atoms with Gasteiger partial charge in [0, 0.05) is 11.7 Å². The summed E-state index contributed by atoms with van der Waals surface area (Å²) in [5, 5.41) is 9.34. The molecule has 116 valence electrons. The van der Waals surface area contributed by atoms with Gasteiger partial charge in [-0.05, 0) is 53.0 Å². The molecule has 1 aromatic rings. The fourth-order valence-electron chi connectivity index (χ4n) is 2.40. The molecule has 0 bridgehead atoms. The Hall–Kier alpha value is -1.58. The molecule has 1 aromatic heterocycles. The molecule has 0 radical (unpaired) electrons. The van der Waals surface area contributed by atoms with Crippen LogP contribution in [-0.4, -0.2) is 29.4 Å². The van der Waals surface area contributed by atoms with Crippen molar-refractivity contribution in [3.05, 3.63) is 17.8 Å². The van der Waals surface area contributed by atoms with Gasteiger partial charge >= 0.3 is 7.12 Å². The zero-order chi connectivity index (χ0) is 16.0. The average Bonchev–Trinajstić information content (AvgIpc) is 2.63. The average molecular weight is 300 g/mol. The van der Waals surface area contributed by atoms with E-state index in [1.54, 1.807) is 12.3 Å². The zero-order valence-electron chi connectivity index (χ0n) is 13.5. The quantitative estimate of drug-likeness (QED) is 0.801. The molecule has 22 heavy (non-hydrogen) atoms. The molecule has 1 saturated carbocycles. The summed E-state index contributed by atoms with van der Waals surface area (Å²) in [5.41, 5.74) is 0.354. The summed E-state index contributed by atoms with van der Waals surface area (Å²) in [5.74, 6) is 0.410. The van der Waals surface area contributed by atoms with Crippen LogP contribution in [0.5, 0.6) is 5.88 Å². The number of pyridine rings is 1. The lowest BCUT2D eigenvalue weighted by molar-refractivity contribution is 0.00578. The Morgan fingerprint density at radius 1 is 1.27 bits per heavy atom. The Balaban J connectivity index is 1.82. The van der Waals surface area contributed by atoms with Crippen LogP contribution in [0.1, 0.15) is 52.5 Å². The van der Waals surface area contributed by atoms with E-state index >= 15 is 0 Å². The van der Waals surface area contributed by atoms with E-state index in [1.807, 2.05) is 27.7 Å². The Kier molecular flexibility index (Phi) is 3.66. The van der Waals surface area contributed by atoms with Crippen LogP contribution >= 0.6 is 0 Å². The summed E-state index contributed by atoms with van der Waals surface area (Å²) in [6, 6.07) is 3.91. The first-order valence-corrected chi connectivity index (χ1v) is 7.75. The molecule has 0 spiro atoms. The van der Waals surface area contributed by atoms with E-state index in [9.17, 15) is 5.26 Å². The third kappa shape index (κ3) is 2.60. The van der Waals surface area contributed by atoms with Gasteiger partial charge in [-0.15, -0.1) is 0 Å². The van der Waals surface area contributed by atoms with E-state index in [2.05, 4.69) is 11.1 Å². The normalized spacial score (nSPS) is 23.0. The number of hydrogen-bond acceptors (Lipinski definition) is 5. The lowest BCUT2D eigenvalue weighted by Crippen LogP contribution is -2.41. The van der Waals surface area contributed by atoms with Gasteiger partial charge in [0.1, 0.15) is 17.7 Å². The SMILES string of the molecule is CC1(C)OB(c2cnc(OC3CCC3)c(C#N)c2)OC1(C)C. The van der Waals surface area contributed by atoms with Crippen molar-refractivity contribution in [1.29, 1.82) is 5.26 Å². The molecule has 1 aliphatic heterocycles. The van der Waals surface area contributed by atoms with Crippen molar-refractivity contribution < 1.29 is 14.0 Å². The fourth-order valence-corrected chi connectivity index (χ4v) is 2.40. The molecule has 0 atom stereocenters. The van der Waals surface area contributed by atoms with Crippen LogP contribution in [0.25, 0.3) is 0 Å². The minimum atomic E-state index is -0.512. The highest BCUT2D eigenvalue weighted by Crippen LogP contribution is 2.36. The summed E-state index contributed by atoms with van der Waals surface area (Å²) >= 11 is 0. The van der Waals surface area contributed by atoms with Crippen LogP contribution in [0, 0.1) is 11.3 Å². The van der Waals surface area contributed by atoms with Crippen molar-refractivity contribution in [3.8, 4) is 11.9 Å². The summed E-state index contributed by atoms with van der Waals surface area (Å²) in [7, 11) is -0.512. The largest absolute Gasteiger partial charge is 0.496 e. The van der Waals surface area contributed by atoms with Gasteiger partial charge in [0.05, 0.1) is 11.2 Å². The van der Waals surface area contributed by atoms with Gasteiger partial charge < -0.3 is 14.0 Å². The molecule has 1 aliphatic carbocycles. The molecule has 0 amide bonds. The highest BCUT2D eigenvalue weighted by molar-refractivity contribution is 6.62. The van der Waals surface area contributed by atoms with Gasteiger partial charge in [0.25, 0.3) is 0 Å². The third-order valence-electron chi connectivity index (χ3n) is 4.85. The van der Waals surface area contributed by atoms with Gasteiger partial charge in [0.2, 0.25) is 5.88 Å². The van der Waals surface area contributed by atoms with Gasteiger partial charge in [-0.2, -0.15) is 5.26 Å². The van der Waals surface area contributed by atoms with Crippen LogP contribution in [0.2, 0.25) is 0 Å². The summed E-state index contributed by atoms with van der Waals surface area (Å²) in [4.78, 5) is 4.31. The second-order valence-corrected chi connectivity index (χ2v) is 6.99. The molecule has 2 fully saturated rings. The molecule has 6 heteroatoms. The van der Waals surface area contributed by atoms with Crippen molar-refractivity contribution in [3.63, 3.8) is 0 Å². The van der Waals surface area contributed by atoms with Crippen molar-refractivity contribution in [2.75, 3.05) is 0 Å². The predicted octanol–water partition coefficient (Wildman–Crippen LogP) is 2.18. The first-order chi connectivity index (χ1) is 10.3. The number of nitriles is 1. The Morgan fingerprint density at radius 2 is 1.91 bits per heavy atom. The maximum absolute atomic E-state index is 9.34. The molecule has 3 rings (SSSR count). The van der Waals surface area contributed by atoms with Crippen LogP contribution in [0.4, 0.5) is 0 Å². The molecule has 2 heterocycles. The van der Waals surface area contributed by atoms with Crippen molar-refractivity contribution in [2.45, 2.75) is 64.3 Å². The number of rotatable bonds is 3. The topological polar surface area (TPSA) is 64.4 Å². The molecule has 0 aromatic carbocycles. The van der Waals surface area contributed by atoms with Gasteiger partial charge in [0.15, 0.2) is 0 Å². The number of ether oxygens (including phenoxy) is 1. The van der Waals surface area contributed by atoms with Crippen LogP contribution in [0.15, 0.2) is 12.3 Å². The van der Waals surface area contributed by atoms with Crippen LogP contribution in [0.3, 0.4) is 0 Å². The molecule has 2 aliphatic rings. The van der Waals surface area contributed by atoms with E-state index in [-0.39, 0.29) is 6.10 Å². The standard InChI is InChI=1S/C16H21BN2O3/c1-15(2)16(3,4)22-17(21-15)12-8-11(9-18)14(19-10-12)20-13-6-5-7-13/h8,10,13H,5-7H2,1-4H3. The van der Waals surface area contributed by atoms with E-state index in [4.69, 9.17) is 14.0 Å². The van der Waals surface area contributed by atoms with E-state index in [0.29, 0.717) is 11.4 Å². The summed E-state index contributed by atoms with van der Waals surface area (Å²) in [6.45, 7) is 8.00. The minimum absolute atomic E-state index is 0.197. The smallest absolute Gasteiger partial charge is 0.473 e. The van der Waals surface area contributed by atoms with Crippen molar-refractivity contribution in [1.82, 2.24) is 4.98 Å². The highest BCUT2D eigenvalue weighted by atomic mass is 16.7. The van der Waals surface area contributed by atoms with E-state index in [1.165, 1.54) is 6.42 Å². The van der Waals surface area contributed by atoms with E-state index in [0.717, 1.165) is 18.3 Å². The molecular formula is C16H21BN2O3. The third-order valence-corrected chi connectivity index (χ3v) is 4.85. The first kappa shape index (κ1) is 15.3. The van der Waals surface area contributed by atoms with Crippen LogP contribution < -0.4 is 10.2 Å². The summed E-state index contributed by atoms with van der Waals surface area (Å²) < 4.78 is 17.7. The number of aromatic nitrogens is 1. The molecular weight excluding hydrogens is 279 g/mol. The minimum Gasteiger partial charge on any atom is -0.473 e. The van der Waals surface area contributed by atoms with Crippen molar-refractivity contribution >= 4 is 12.6 Å². The maximum atomic E-state index is 9.34. The maximum Gasteiger partial charge on any atom is 0.496 e. The highest BCUT2D eigenvalue weighted by Gasteiger charge is 2.51. The van der Waals surface area contributed by atoms with E-state index < -0.39 is 18.3 Å². The van der Waals surface area contributed by atoms with Gasteiger partial charge in [-0.3, -0.25) is 0 Å². The fraction of sp³-hybridized carbons (Fsp3) is 0.625. The lowest BCUT2D eigenvalue weighted by Gasteiger charge is -2.32. The Labute approximate surface area is 131 Å². The lowest BCUT2D eigenvalue weighted by atomic mass is 9.80. The predicted molar refractivity (Wildman–Crippen MR) is 82.9 cm³/mol. The molecule has 0 unspecified atom stereocenters. The molecule has 0 N–H and O–H groups in total. The Morgan fingerprint density at radius 3 is 2.41 bits per heavy atom. The Bertz CT molecular complexity index is 604. The zero-order valence-corrected chi connectivity index (χ0v) is 13.5. The summed E-state index contributed by atoms with van der Waals surface area (Å²) in [6.07, 6.45) is 5.12. The van der Waals surface area contributed by atoms with Crippen LogP contribution in [-0.2, 0) is 9.31 Å². The monoisotopic (exact) mass is 300 g/mol. The number of nitrogens with zero attached hydrogens (tertiary/aromatic N) is 2. The van der Waals surface area contributed by atoms with Crippen molar-refractivity contribution in [2.24, 2.45) is 0 Å². The second-order valence-electron chi connectivity index (χ2n) is 6.99. The second kappa shape index (κ2) is 5.25. The molecule has 5 nitrogen and oxygen atoms in total. The first-order valence-electron chi connectivity index (χ1n) is 7.75.